The van der Waals surface area contributed by atoms with Crippen LogP contribution in [0, 0.1) is 24.2 Å². The molecule has 5 rings (SSSR count). The van der Waals surface area contributed by atoms with Crippen LogP contribution in [0.2, 0.25) is 0 Å². The van der Waals surface area contributed by atoms with Gasteiger partial charge in [0, 0.05) is 34.8 Å². The van der Waals surface area contributed by atoms with Gasteiger partial charge in [-0.15, -0.1) is 0 Å². The number of carbonyl (C=O) groups excluding carboxylic acids is 1. The summed E-state index contributed by atoms with van der Waals surface area (Å²) in [7, 11) is 1.48. The molecule has 1 fully saturated rings. The number of likely N-dealkylation sites (tertiary alicyclic amines) is 1. The molecule has 1 aliphatic rings. The van der Waals surface area contributed by atoms with Crippen LogP contribution in [-0.4, -0.2) is 40.4 Å². The van der Waals surface area contributed by atoms with E-state index < -0.39 is 0 Å². The average Bonchev–Trinajstić information content (AvgIpc) is 3.44. The number of benzene rings is 1. The van der Waals surface area contributed by atoms with Crippen molar-refractivity contribution in [3.8, 4) is 11.3 Å². The van der Waals surface area contributed by atoms with Crippen LogP contribution >= 0.6 is 11.5 Å². The lowest BCUT2D eigenvalue weighted by molar-refractivity contribution is -0.149. The maximum atomic E-state index is 12.4. The van der Waals surface area contributed by atoms with Crippen LogP contribution in [0.3, 0.4) is 0 Å². The normalized spacial score (nSPS) is 19.7. The largest absolute Gasteiger partial charge is 0.469 e. The Morgan fingerprint density at radius 2 is 2.09 bits per heavy atom. The van der Waals surface area contributed by atoms with Crippen molar-refractivity contribution in [3.05, 3.63) is 47.2 Å². The van der Waals surface area contributed by atoms with Crippen molar-refractivity contribution in [1.82, 2.24) is 14.3 Å². The molecule has 0 saturated carbocycles. The number of rotatable bonds is 4. The number of hydrogen-bond donors (Lipinski definition) is 0. The van der Waals surface area contributed by atoms with Crippen molar-refractivity contribution < 1.29 is 13.9 Å². The highest BCUT2D eigenvalue weighted by atomic mass is 32.1. The molecule has 0 aliphatic carbocycles. The number of piperidine rings is 1. The fraction of sp³-hybridized carbons (Fsp3) is 0.444. The molecule has 2 atom stereocenters. The van der Waals surface area contributed by atoms with E-state index in [1.165, 1.54) is 18.6 Å². The lowest BCUT2D eigenvalue weighted by Gasteiger charge is -2.42. The number of methoxy groups -OCH3 is 1. The van der Waals surface area contributed by atoms with Gasteiger partial charge in [-0.3, -0.25) is 9.69 Å². The highest BCUT2D eigenvalue weighted by Gasteiger charge is 2.37. The van der Waals surface area contributed by atoms with Crippen LogP contribution in [0.4, 0.5) is 0 Å². The number of hydrogen-bond acceptors (Lipinski definition) is 7. The number of nitrogens with zero attached hydrogens (tertiary/aromatic N) is 3. The first-order valence-corrected chi connectivity index (χ1v) is 12.6. The molecule has 0 radical (unpaired) electrons. The molecule has 0 bridgehead atoms. The van der Waals surface area contributed by atoms with E-state index in [0.717, 1.165) is 57.5 Å². The second-order valence-corrected chi connectivity index (χ2v) is 11.1. The Morgan fingerprint density at radius 3 is 2.85 bits per heavy atom. The molecule has 1 aliphatic heterocycles. The van der Waals surface area contributed by atoms with Gasteiger partial charge in [0.25, 0.3) is 0 Å². The van der Waals surface area contributed by atoms with Gasteiger partial charge in [0.1, 0.15) is 5.76 Å². The highest BCUT2D eigenvalue weighted by molar-refractivity contribution is 7.04. The summed E-state index contributed by atoms with van der Waals surface area (Å²) in [5, 5.41) is 4.25. The Kier molecular flexibility index (Phi) is 5.94. The number of pyridine rings is 1. The molecule has 6 nitrogen and oxygen atoms in total. The zero-order valence-electron chi connectivity index (χ0n) is 20.4. The molecule has 0 spiro atoms. The Labute approximate surface area is 204 Å². The van der Waals surface area contributed by atoms with E-state index in [1.807, 2.05) is 19.1 Å². The van der Waals surface area contributed by atoms with Gasteiger partial charge in [-0.2, -0.15) is 4.37 Å². The van der Waals surface area contributed by atoms with Crippen LogP contribution < -0.4 is 0 Å². The van der Waals surface area contributed by atoms with E-state index in [0.29, 0.717) is 19.0 Å². The van der Waals surface area contributed by atoms with Gasteiger partial charge in [-0.05, 0) is 54.4 Å². The van der Waals surface area contributed by atoms with Crippen molar-refractivity contribution >= 4 is 39.4 Å². The minimum Gasteiger partial charge on any atom is -0.469 e. The van der Waals surface area contributed by atoms with E-state index >= 15 is 0 Å². The summed E-state index contributed by atoms with van der Waals surface area (Å²) >= 11 is 1.46. The molecular formula is C27H31N3O3S. The van der Waals surface area contributed by atoms with Crippen molar-refractivity contribution in [1.29, 1.82) is 0 Å². The first-order valence-electron chi connectivity index (χ1n) is 11.8. The number of aromatic nitrogens is 2. The third-order valence-corrected chi connectivity index (χ3v) is 7.71. The van der Waals surface area contributed by atoms with E-state index in [-0.39, 0.29) is 17.3 Å². The molecule has 3 aromatic heterocycles. The Morgan fingerprint density at radius 1 is 1.26 bits per heavy atom. The minimum atomic E-state index is -0.120. The van der Waals surface area contributed by atoms with Gasteiger partial charge in [0.2, 0.25) is 0 Å². The van der Waals surface area contributed by atoms with Crippen molar-refractivity contribution in [2.24, 2.45) is 17.3 Å². The Hall–Kier alpha value is -2.77. The van der Waals surface area contributed by atoms with E-state index in [9.17, 15) is 4.79 Å². The molecule has 178 valence electrons. The quantitative estimate of drug-likeness (QED) is 0.332. The van der Waals surface area contributed by atoms with E-state index in [1.54, 1.807) is 0 Å². The fourth-order valence-corrected chi connectivity index (χ4v) is 5.77. The summed E-state index contributed by atoms with van der Waals surface area (Å²) in [6.07, 6.45) is 0.863. The van der Waals surface area contributed by atoms with Crippen LogP contribution in [0.15, 0.2) is 40.1 Å². The van der Waals surface area contributed by atoms with Crippen LogP contribution in [0.5, 0.6) is 0 Å². The van der Waals surface area contributed by atoms with Gasteiger partial charge >= 0.3 is 5.97 Å². The second-order valence-electron chi connectivity index (χ2n) is 10.5. The average molecular weight is 478 g/mol. The number of carbonyl (C=O) groups is 1. The molecule has 0 N–H and O–H groups in total. The SMILES string of the molecule is COC(=O)[C@@H]1C[C@@H](C(C)(C)C)CN(Cc2cc3cc(-c4cccc5nscc45)nc(C)c3o2)C1. The molecule has 0 amide bonds. The first-order chi connectivity index (χ1) is 16.2. The van der Waals surface area contributed by atoms with Crippen LogP contribution in [0.1, 0.15) is 38.6 Å². The number of aryl methyl sites for hydroxylation is 1. The predicted octanol–water partition coefficient (Wildman–Crippen LogP) is 6.07. The smallest absolute Gasteiger partial charge is 0.309 e. The molecule has 1 saturated heterocycles. The third kappa shape index (κ3) is 4.34. The summed E-state index contributed by atoms with van der Waals surface area (Å²) in [4.78, 5) is 19.6. The fourth-order valence-electron chi connectivity index (χ4n) is 5.10. The zero-order valence-corrected chi connectivity index (χ0v) is 21.2. The number of esters is 1. The van der Waals surface area contributed by atoms with Crippen molar-refractivity contribution in [3.63, 3.8) is 0 Å². The molecule has 1 aromatic carbocycles. The molecular weight excluding hydrogens is 446 g/mol. The van der Waals surface area contributed by atoms with Crippen molar-refractivity contribution in [2.75, 3.05) is 20.2 Å². The van der Waals surface area contributed by atoms with Gasteiger partial charge in [-0.1, -0.05) is 32.9 Å². The van der Waals surface area contributed by atoms with Crippen molar-refractivity contribution in [2.45, 2.75) is 40.7 Å². The Balaban J connectivity index is 1.45. The molecule has 7 heteroatoms. The predicted molar refractivity (Wildman–Crippen MR) is 136 cm³/mol. The van der Waals surface area contributed by atoms with Crippen LogP contribution in [0.25, 0.3) is 33.1 Å². The summed E-state index contributed by atoms with van der Waals surface area (Å²) in [6.45, 7) is 11.0. The maximum Gasteiger partial charge on any atom is 0.309 e. The standard InChI is InChI=1S/C27H31N3O3S/c1-16-25-17(11-24(28-16)21-7-6-8-23-22(21)15-34-29-23)10-20(33-25)14-30-12-18(26(31)32-5)9-19(13-30)27(2,3)4/h6-8,10-11,15,18-19H,9,12-14H2,1-5H3/t18-,19-/m1/s1. The zero-order chi connectivity index (χ0) is 24.0. The van der Waals surface area contributed by atoms with Gasteiger partial charge in [-0.25, -0.2) is 4.98 Å². The van der Waals surface area contributed by atoms with Crippen LogP contribution in [-0.2, 0) is 16.1 Å². The lowest BCUT2D eigenvalue weighted by Crippen LogP contribution is -2.46. The molecule has 4 aromatic rings. The maximum absolute atomic E-state index is 12.4. The number of fused-ring (bicyclic) bond motifs is 2. The summed E-state index contributed by atoms with van der Waals surface area (Å²) in [5.74, 6) is 1.07. The summed E-state index contributed by atoms with van der Waals surface area (Å²) in [5.41, 5.74) is 4.82. The van der Waals surface area contributed by atoms with Gasteiger partial charge in [0.05, 0.1) is 36.5 Å². The van der Waals surface area contributed by atoms with Gasteiger partial charge < -0.3 is 9.15 Å². The summed E-state index contributed by atoms with van der Waals surface area (Å²) in [6, 6.07) is 10.4. The number of ether oxygens (including phenoxy) is 1. The third-order valence-electron chi connectivity index (χ3n) is 7.07. The monoisotopic (exact) mass is 477 g/mol. The molecule has 34 heavy (non-hydrogen) atoms. The van der Waals surface area contributed by atoms with E-state index in [4.69, 9.17) is 14.1 Å². The summed E-state index contributed by atoms with van der Waals surface area (Å²) < 4.78 is 15.8. The molecule has 0 unspecified atom stereocenters. The van der Waals surface area contributed by atoms with E-state index in [2.05, 4.69) is 53.6 Å². The first kappa shape index (κ1) is 23.0. The second kappa shape index (κ2) is 8.78. The van der Waals surface area contributed by atoms with Gasteiger partial charge in [0.15, 0.2) is 5.58 Å². The topological polar surface area (TPSA) is 68.5 Å². The molecule has 4 heterocycles. The highest BCUT2D eigenvalue weighted by Crippen LogP contribution is 2.37. The Bertz CT molecular complexity index is 1350. The lowest BCUT2D eigenvalue weighted by atomic mass is 9.73. The number of furan rings is 1. The minimum absolute atomic E-state index is 0.109.